The number of nitrogens with zero attached hydrogens (tertiary/aromatic N) is 4. The number of hydrogen-bond acceptors (Lipinski definition) is 6. The molecular weight excluding hydrogens is 494 g/mol. The Bertz CT molecular complexity index is 1150. The van der Waals surface area contributed by atoms with E-state index in [1.165, 1.54) is 6.20 Å². The van der Waals surface area contributed by atoms with Crippen molar-refractivity contribution < 1.29 is 26.7 Å². The molecule has 7 nitrogen and oxygen atoms in total. The number of fused-ring (bicyclic) bond motifs is 1. The highest BCUT2D eigenvalue weighted by Gasteiger charge is 2.35. The highest BCUT2D eigenvalue weighted by atomic mass is 35.5. The minimum Gasteiger partial charge on any atom is -0.406 e. The monoisotopic (exact) mass is 510 g/mol. The fourth-order valence-electron chi connectivity index (χ4n) is 3.50. The Kier molecular flexibility index (Phi) is 6.16. The van der Waals surface area contributed by atoms with Crippen LogP contribution in [0, 0.1) is 0 Å². The number of anilines is 3. The van der Waals surface area contributed by atoms with Gasteiger partial charge in [-0.3, -0.25) is 4.57 Å². The molecule has 1 aromatic carbocycles. The number of aryl methyl sites for hydroxylation is 1. The quantitative estimate of drug-likeness (QED) is 0.392. The maximum atomic E-state index is 13.4. The molecule has 0 unspecified atom stereocenters. The summed E-state index contributed by atoms with van der Waals surface area (Å²) >= 11 is 12.2. The number of hydrogen-bond donors (Lipinski definition) is 2. The molecule has 3 aromatic rings. The average molecular weight is 511 g/mol. The largest absolute Gasteiger partial charge is 0.573 e. The van der Waals surface area contributed by atoms with Gasteiger partial charge in [-0.2, -0.15) is 4.98 Å². The number of rotatable bonds is 5. The third kappa shape index (κ3) is 5.49. The molecule has 1 aliphatic carbocycles. The van der Waals surface area contributed by atoms with E-state index in [9.17, 15) is 22.0 Å². The molecule has 4 rings (SSSR count). The van der Waals surface area contributed by atoms with E-state index in [0.29, 0.717) is 24.0 Å². The zero-order valence-electron chi connectivity index (χ0n) is 17.0. The van der Waals surface area contributed by atoms with Crippen molar-refractivity contribution >= 4 is 51.9 Å². The Morgan fingerprint density at radius 3 is 2.36 bits per heavy atom. The van der Waals surface area contributed by atoms with E-state index in [2.05, 4.69) is 30.3 Å². The van der Waals surface area contributed by atoms with E-state index in [4.69, 9.17) is 23.2 Å². The van der Waals surface area contributed by atoms with E-state index in [0.717, 1.165) is 12.1 Å². The zero-order valence-corrected chi connectivity index (χ0v) is 18.5. The van der Waals surface area contributed by atoms with Crippen molar-refractivity contribution in [1.29, 1.82) is 0 Å². The molecule has 0 spiro atoms. The van der Waals surface area contributed by atoms with Crippen LogP contribution in [0.25, 0.3) is 11.2 Å². The third-order valence-corrected chi connectivity index (χ3v) is 5.74. The van der Waals surface area contributed by atoms with Crippen molar-refractivity contribution in [3.63, 3.8) is 0 Å². The predicted octanol–water partition coefficient (Wildman–Crippen LogP) is 6.30. The van der Waals surface area contributed by atoms with Crippen molar-refractivity contribution in [1.82, 2.24) is 19.5 Å². The van der Waals surface area contributed by atoms with Crippen LogP contribution in [0.1, 0.15) is 25.7 Å². The Balaban J connectivity index is 1.54. The van der Waals surface area contributed by atoms with Crippen molar-refractivity contribution in [2.45, 2.75) is 44.0 Å². The molecule has 1 saturated carbocycles. The summed E-state index contributed by atoms with van der Waals surface area (Å²) in [5, 5.41) is 5.72. The Morgan fingerprint density at radius 1 is 1.12 bits per heavy atom. The Hall–Kier alpha value is -2.60. The molecule has 2 N–H and O–H groups in total. The first-order valence-electron chi connectivity index (χ1n) is 9.76. The Labute approximate surface area is 194 Å². The predicted molar refractivity (Wildman–Crippen MR) is 114 cm³/mol. The number of alkyl halides is 5. The minimum atomic E-state index is -4.89. The van der Waals surface area contributed by atoms with Crippen LogP contribution in [0.15, 0.2) is 18.3 Å². The second kappa shape index (κ2) is 8.64. The molecule has 178 valence electrons. The fraction of sp³-hybridized carbons (Fsp3) is 0.421. The number of imidazole rings is 1. The second-order valence-corrected chi connectivity index (χ2v) is 8.42. The van der Waals surface area contributed by atoms with Crippen LogP contribution in [0.5, 0.6) is 5.75 Å². The van der Waals surface area contributed by atoms with Crippen molar-refractivity contribution in [3.8, 4) is 5.75 Å². The van der Waals surface area contributed by atoms with Crippen molar-refractivity contribution in [3.05, 3.63) is 28.4 Å². The van der Waals surface area contributed by atoms with Crippen LogP contribution < -0.4 is 15.4 Å². The molecule has 0 atom stereocenters. The average Bonchev–Trinajstić information content (AvgIpc) is 3.00. The van der Waals surface area contributed by atoms with E-state index in [1.54, 1.807) is 11.6 Å². The molecule has 33 heavy (non-hydrogen) atoms. The first kappa shape index (κ1) is 23.6. The molecule has 0 aliphatic heterocycles. The third-order valence-electron chi connectivity index (χ3n) is 5.15. The van der Waals surface area contributed by atoms with E-state index in [-0.39, 0.29) is 46.5 Å². The molecule has 0 radical (unpaired) electrons. The van der Waals surface area contributed by atoms with Gasteiger partial charge in [0.15, 0.2) is 5.65 Å². The lowest BCUT2D eigenvalue weighted by Crippen LogP contribution is -2.32. The van der Waals surface area contributed by atoms with Gasteiger partial charge in [0.25, 0.3) is 0 Å². The molecule has 2 aromatic heterocycles. The summed E-state index contributed by atoms with van der Waals surface area (Å²) in [7, 11) is 1.65. The maximum absolute atomic E-state index is 13.4. The minimum absolute atomic E-state index is 0.114. The van der Waals surface area contributed by atoms with Crippen LogP contribution in [-0.4, -0.2) is 37.8 Å². The lowest BCUT2D eigenvalue weighted by Gasteiger charge is -2.28. The highest BCUT2D eigenvalue weighted by Crippen LogP contribution is 2.38. The number of nitrogens with one attached hydrogen (secondary N) is 2. The second-order valence-electron chi connectivity index (χ2n) is 7.61. The van der Waals surface area contributed by atoms with Gasteiger partial charge in [-0.15, -0.1) is 13.2 Å². The van der Waals surface area contributed by atoms with E-state index >= 15 is 0 Å². The van der Waals surface area contributed by atoms with Gasteiger partial charge in [-0.1, -0.05) is 23.2 Å². The fourth-order valence-corrected chi connectivity index (χ4v) is 4.07. The molecule has 14 heteroatoms. The van der Waals surface area contributed by atoms with Gasteiger partial charge in [0.2, 0.25) is 17.8 Å². The first-order chi connectivity index (χ1) is 15.4. The summed E-state index contributed by atoms with van der Waals surface area (Å²) in [5.41, 5.74) is 0.978. The summed E-state index contributed by atoms with van der Waals surface area (Å²) < 4.78 is 69.5. The maximum Gasteiger partial charge on any atom is 0.573 e. The van der Waals surface area contributed by atoms with Crippen LogP contribution in [0.4, 0.5) is 39.5 Å². The summed E-state index contributed by atoms with van der Waals surface area (Å²) in [6.45, 7) is 0. The van der Waals surface area contributed by atoms with Gasteiger partial charge in [-0.25, -0.2) is 18.7 Å². The van der Waals surface area contributed by atoms with Gasteiger partial charge in [-0.05, 0) is 12.8 Å². The molecule has 1 fully saturated rings. The Morgan fingerprint density at radius 2 is 1.76 bits per heavy atom. The van der Waals surface area contributed by atoms with Gasteiger partial charge in [0, 0.05) is 38.1 Å². The van der Waals surface area contributed by atoms with Crippen LogP contribution in [0.3, 0.4) is 0 Å². The zero-order chi connectivity index (χ0) is 24.0. The topological polar surface area (TPSA) is 76.9 Å². The van der Waals surface area contributed by atoms with Crippen molar-refractivity contribution in [2.75, 3.05) is 10.6 Å². The summed E-state index contributed by atoms with van der Waals surface area (Å²) in [6, 6.07) is 1.78. The smallest absolute Gasteiger partial charge is 0.406 e. The molecule has 0 saturated heterocycles. The summed E-state index contributed by atoms with van der Waals surface area (Å²) in [4.78, 5) is 12.9. The van der Waals surface area contributed by atoms with Gasteiger partial charge in [0.05, 0.1) is 21.9 Å². The summed E-state index contributed by atoms with van der Waals surface area (Å²) in [5.74, 6) is -2.67. The SMILES string of the molecule is Cn1c(Nc2c(Cl)cc(OC(F)(F)F)cc2Cl)nc2cnc(NC3CCC(F)(F)CC3)nc21. The highest BCUT2D eigenvalue weighted by molar-refractivity contribution is 6.39. The number of benzene rings is 1. The van der Waals surface area contributed by atoms with Crippen molar-refractivity contribution in [2.24, 2.45) is 7.05 Å². The molecular formula is C19H17Cl2F5N6O. The van der Waals surface area contributed by atoms with Crippen LogP contribution in [-0.2, 0) is 7.05 Å². The van der Waals surface area contributed by atoms with E-state index < -0.39 is 18.0 Å². The van der Waals surface area contributed by atoms with Crippen LogP contribution >= 0.6 is 23.2 Å². The van der Waals surface area contributed by atoms with E-state index in [1.807, 2.05) is 0 Å². The normalized spacial score (nSPS) is 16.7. The van der Waals surface area contributed by atoms with Gasteiger partial charge in [0.1, 0.15) is 11.3 Å². The first-order valence-corrected chi connectivity index (χ1v) is 10.5. The number of ether oxygens (including phenoxy) is 1. The molecule has 0 bridgehead atoms. The summed E-state index contributed by atoms with van der Waals surface area (Å²) in [6.07, 6.45) is -3.20. The number of halogens is 7. The van der Waals surface area contributed by atoms with Crippen LogP contribution in [0.2, 0.25) is 10.0 Å². The van der Waals surface area contributed by atoms with Gasteiger partial charge >= 0.3 is 6.36 Å². The molecule has 2 heterocycles. The lowest BCUT2D eigenvalue weighted by molar-refractivity contribution is -0.274. The van der Waals surface area contributed by atoms with Gasteiger partial charge < -0.3 is 15.4 Å². The standard InChI is InChI=1S/C19H17Cl2F5N6O/c1-32-15-13(8-27-16(31-15)28-9-2-4-18(22,23)5-3-9)29-17(32)30-14-11(20)6-10(7-12(14)21)33-19(24,25)26/h6-9H,2-5H2,1H3,(H,29,30)(H,27,28,31). The number of aromatic nitrogens is 4. The molecule has 0 amide bonds. The molecule has 1 aliphatic rings. The lowest BCUT2D eigenvalue weighted by atomic mass is 9.92.